The molecule has 178 valence electrons. The Morgan fingerprint density at radius 3 is 2.56 bits per heavy atom. The first kappa shape index (κ1) is 22.5. The molecule has 0 aliphatic carbocycles. The van der Waals surface area contributed by atoms with Gasteiger partial charge >= 0.3 is 0 Å². The van der Waals surface area contributed by atoms with E-state index >= 15 is 0 Å². The van der Waals surface area contributed by atoms with Gasteiger partial charge in [-0.05, 0) is 35.9 Å². The number of rotatable bonds is 7. The molecule has 1 aliphatic heterocycles. The predicted octanol–water partition coefficient (Wildman–Crippen LogP) is 0.381. The molecule has 0 unspecified atom stereocenters. The Hall–Kier alpha value is -3.32. The average molecular weight is 468 g/mol. The summed E-state index contributed by atoms with van der Waals surface area (Å²) < 4.78 is 8.76. The number of imidazole rings is 1. The van der Waals surface area contributed by atoms with Crippen LogP contribution in [0, 0.1) is 0 Å². The van der Waals surface area contributed by atoms with Crippen LogP contribution in [-0.4, -0.2) is 77.1 Å². The molecule has 34 heavy (non-hydrogen) atoms. The molecule has 3 heterocycles. The van der Waals surface area contributed by atoms with E-state index in [1.165, 1.54) is 0 Å². The van der Waals surface area contributed by atoms with Crippen molar-refractivity contribution in [3.05, 3.63) is 72.8 Å². The molecule has 0 bridgehead atoms. The number of nitrogens with zero attached hydrogens (tertiary/aromatic N) is 4. The fourth-order valence-electron chi connectivity index (χ4n) is 3.94. The third-order valence-electron chi connectivity index (χ3n) is 5.75. The van der Waals surface area contributed by atoms with E-state index in [0.29, 0.717) is 23.3 Å². The minimum atomic E-state index is -1.60. The second kappa shape index (κ2) is 9.50. The lowest BCUT2D eigenvalue weighted by atomic mass is 9.99. The lowest BCUT2D eigenvalue weighted by Crippen LogP contribution is -2.59. The molecule has 0 spiro atoms. The normalized spacial score (nSPS) is 25.0. The van der Waals surface area contributed by atoms with Crippen LogP contribution in [-0.2, 0) is 16.2 Å². The summed E-state index contributed by atoms with van der Waals surface area (Å²) in [5.74, 6) is 0.307. The fourth-order valence-corrected chi connectivity index (χ4v) is 3.94. The van der Waals surface area contributed by atoms with Gasteiger partial charge in [-0.3, -0.25) is 0 Å². The van der Waals surface area contributed by atoms with Crippen LogP contribution in [0.5, 0.6) is 5.75 Å². The molecule has 11 nitrogen and oxygen atoms in total. The minimum Gasteiger partial charge on any atom is -0.394 e. The summed E-state index contributed by atoms with van der Waals surface area (Å²) in [5, 5.41) is 43.9. The molecule has 2 aromatic carbocycles. The SMILES string of the molecule is OC[C@H]1O[C@@H](O)[C@H](OOc2cccc3ncn(Cc4ccc(-n5cccn5)cc4)c23)[C@@H](O)[C@@H]1O. The van der Waals surface area contributed by atoms with Gasteiger partial charge in [0.1, 0.15) is 23.8 Å². The Morgan fingerprint density at radius 2 is 1.82 bits per heavy atom. The van der Waals surface area contributed by atoms with Gasteiger partial charge < -0.3 is 34.6 Å². The summed E-state index contributed by atoms with van der Waals surface area (Å²) in [4.78, 5) is 15.2. The van der Waals surface area contributed by atoms with Crippen molar-refractivity contribution in [2.45, 2.75) is 37.3 Å². The largest absolute Gasteiger partial charge is 0.394 e. The molecular formula is C23H24N4O7. The van der Waals surface area contributed by atoms with Crippen LogP contribution in [0.25, 0.3) is 16.7 Å². The molecule has 1 aliphatic rings. The lowest BCUT2D eigenvalue weighted by molar-refractivity contribution is -0.364. The van der Waals surface area contributed by atoms with Gasteiger partial charge in [-0.25, -0.2) is 9.67 Å². The number of fused-ring (bicyclic) bond motifs is 1. The Kier molecular flexibility index (Phi) is 6.28. The van der Waals surface area contributed by atoms with Gasteiger partial charge in [-0.2, -0.15) is 9.99 Å². The Labute approximate surface area is 193 Å². The Bertz CT molecular complexity index is 1230. The minimum absolute atomic E-state index is 0.307. The van der Waals surface area contributed by atoms with Gasteiger partial charge in [0.15, 0.2) is 18.1 Å². The van der Waals surface area contributed by atoms with Crippen LogP contribution >= 0.6 is 0 Å². The summed E-state index contributed by atoms with van der Waals surface area (Å²) in [6.45, 7) is -0.0603. The third-order valence-corrected chi connectivity index (χ3v) is 5.75. The van der Waals surface area contributed by atoms with Gasteiger partial charge in [-0.15, -0.1) is 0 Å². The van der Waals surface area contributed by atoms with Crippen molar-refractivity contribution in [1.82, 2.24) is 19.3 Å². The van der Waals surface area contributed by atoms with Crippen molar-refractivity contribution < 1.29 is 34.9 Å². The molecule has 0 radical (unpaired) electrons. The highest BCUT2D eigenvalue weighted by Crippen LogP contribution is 2.28. The first-order valence-corrected chi connectivity index (χ1v) is 10.7. The average Bonchev–Trinajstić information content (AvgIpc) is 3.53. The molecule has 11 heteroatoms. The van der Waals surface area contributed by atoms with E-state index < -0.39 is 37.3 Å². The molecule has 4 aromatic rings. The zero-order valence-corrected chi connectivity index (χ0v) is 18.0. The van der Waals surface area contributed by atoms with Crippen LogP contribution in [0.3, 0.4) is 0 Å². The summed E-state index contributed by atoms with van der Waals surface area (Å²) in [6, 6.07) is 15.0. The molecule has 5 rings (SSSR count). The number of hydrogen-bond donors (Lipinski definition) is 4. The van der Waals surface area contributed by atoms with Crippen molar-refractivity contribution in [1.29, 1.82) is 0 Å². The van der Waals surface area contributed by atoms with Crippen LogP contribution in [0.15, 0.2) is 67.3 Å². The van der Waals surface area contributed by atoms with E-state index in [0.717, 1.165) is 11.3 Å². The molecular weight excluding hydrogens is 444 g/mol. The summed E-state index contributed by atoms with van der Waals surface area (Å²) >= 11 is 0. The third kappa shape index (κ3) is 4.28. The first-order chi connectivity index (χ1) is 16.5. The second-order valence-electron chi connectivity index (χ2n) is 7.99. The standard InChI is InChI=1S/C23H24N4O7/c28-12-18-20(29)21(30)22(23(31)32-18)34-33-17-4-1-3-16-19(17)26(13-24-16)11-14-5-7-15(8-6-14)27-10-2-9-25-27/h1-10,13,18,20-23,28-31H,11-12H2/t18-,20-,21+,22-,23-/m1/s1. The van der Waals surface area contributed by atoms with Gasteiger partial charge in [0, 0.05) is 18.9 Å². The maximum absolute atomic E-state index is 10.3. The van der Waals surface area contributed by atoms with Gasteiger partial charge in [0.2, 0.25) is 0 Å². The van der Waals surface area contributed by atoms with E-state index in [1.807, 2.05) is 47.2 Å². The highest BCUT2D eigenvalue weighted by Gasteiger charge is 2.45. The topological polar surface area (TPSA) is 144 Å². The van der Waals surface area contributed by atoms with E-state index in [-0.39, 0.29) is 0 Å². The van der Waals surface area contributed by atoms with E-state index in [1.54, 1.807) is 29.3 Å². The van der Waals surface area contributed by atoms with Crippen LogP contribution in [0.1, 0.15) is 5.56 Å². The number of benzene rings is 2. The smallest absolute Gasteiger partial charge is 0.191 e. The van der Waals surface area contributed by atoms with Gasteiger partial charge in [0.05, 0.1) is 24.1 Å². The van der Waals surface area contributed by atoms with E-state index in [4.69, 9.17) is 14.5 Å². The molecule has 2 aromatic heterocycles. The first-order valence-electron chi connectivity index (χ1n) is 10.7. The zero-order chi connectivity index (χ0) is 23.7. The quantitative estimate of drug-likeness (QED) is 0.223. The highest BCUT2D eigenvalue weighted by molar-refractivity contribution is 5.82. The van der Waals surface area contributed by atoms with E-state index in [9.17, 15) is 20.4 Å². The van der Waals surface area contributed by atoms with Gasteiger partial charge in [0.25, 0.3) is 0 Å². The van der Waals surface area contributed by atoms with E-state index in [2.05, 4.69) is 10.1 Å². The number of para-hydroxylation sites is 1. The zero-order valence-electron chi connectivity index (χ0n) is 18.0. The Morgan fingerprint density at radius 1 is 1.00 bits per heavy atom. The summed E-state index contributed by atoms with van der Waals surface area (Å²) in [6.07, 6.45) is -1.83. The number of ether oxygens (including phenoxy) is 1. The maximum atomic E-state index is 10.3. The molecule has 4 N–H and O–H groups in total. The predicted molar refractivity (Wildman–Crippen MR) is 118 cm³/mol. The van der Waals surface area contributed by atoms with Crippen LogP contribution < -0.4 is 4.89 Å². The monoisotopic (exact) mass is 468 g/mol. The second-order valence-corrected chi connectivity index (χ2v) is 7.99. The number of aliphatic hydroxyl groups is 4. The van der Waals surface area contributed by atoms with Crippen molar-refractivity contribution in [2.75, 3.05) is 6.61 Å². The molecule has 0 saturated carbocycles. The van der Waals surface area contributed by atoms with Crippen molar-refractivity contribution in [3.8, 4) is 11.4 Å². The molecule has 5 atom stereocenters. The van der Waals surface area contributed by atoms with Crippen molar-refractivity contribution >= 4 is 11.0 Å². The molecule has 1 saturated heterocycles. The van der Waals surface area contributed by atoms with Crippen LogP contribution in [0.2, 0.25) is 0 Å². The number of aromatic nitrogens is 4. The Balaban J connectivity index is 1.34. The summed E-state index contributed by atoms with van der Waals surface area (Å²) in [7, 11) is 0. The van der Waals surface area contributed by atoms with Gasteiger partial charge in [-0.1, -0.05) is 18.2 Å². The maximum Gasteiger partial charge on any atom is 0.191 e. The molecule has 1 fully saturated rings. The summed E-state index contributed by atoms with van der Waals surface area (Å²) in [5.41, 5.74) is 3.28. The number of aliphatic hydroxyl groups excluding tert-OH is 4. The molecule has 0 amide bonds. The van der Waals surface area contributed by atoms with Crippen molar-refractivity contribution in [3.63, 3.8) is 0 Å². The fraction of sp³-hybridized carbons (Fsp3) is 0.304. The van der Waals surface area contributed by atoms with Crippen LogP contribution in [0.4, 0.5) is 0 Å². The van der Waals surface area contributed by atoms with Crippen molar-refractivity contribution in [2.24, 2.45) is 0 Å². The number of hydrogen-bond acceptors (Lipinski definition) is 9. The highest BCUT2D eigenvalue weighted by atomic mass is 17.2. The lowest BCUT2D eigenvalue weighted by Gasteiger charge is -2.38.